The number of fused-ring (bicyclic) bond motifs is 3. The van der Waals surface area contributed by atoms with Gasteiger partial charge in [0, 0.05) is 34.8 Å². The number of thiazole rings is 1. The molecule has 7 rings (SSSR count). The maximum absolute atomic E-state index is 14.1. The molecule has 0 spiro atoms. The molecule has 0 unspecified atom stereocenters. The van der Waals surface area contributed by atoms with Crippen LogP contribution in [-0.2, 0) is 6.42 Å². The second-order valence-electron chi connectivity index (χ2n) is 10.5. The molecule has 3 heterocycles. The third-order valence-electron chi connectivity index (χ3n) is 8.06. The Morgan fingerprint density at radius 3 is 2.46 bits per heavy atom. The van der Waals surface area contributed by atoms with E-state index in [0.29, 0.717) is 9.33 Å². The average molecular weight is 559 g/mol. The van der Waals surface area contributed by atoms with Crippen LogP contribution in [0, 0.1) is 24.0 Å². The average Bonchev–Trinajstić information content (AvgIpc) is 3.45. The van der Waals surface area contributed by atoms with Crippen molar-refractivity contribution in [3.8, 4) is 5.69 Å². The topological polar surface area (TPSA) is 82.4 Å². The molecule has 0 N–H and O–H groups in total. The molecule has 0 radical (unpaired) electrons. The van der Waals surface area contributed by atoms with Crippen molar-refractivity contribution < 1.29 is 4.92 Å². The van der Waals surface area contributed by atoms with Gasteiger partial charge in [0.2, 0.25) is 0 Å². The summed E-state index contributed by atoms with van der Waals surface area (Å²) >= 11 is 1.42. The zero-order valence-electron chi connectivity index (χ0n) is 22.6. The molecule has 8 heteroatoms. The van der Waals surface area contributed by atoms with Crippen LogP contribution < -0.4 is 14.9 Å². The van der Waals surface area contributed by atoms with Crippen molar-refractivity contribution in [2.75, 3.05) is 0 Å². The van der Waals surface area contributed by atoms with Gasteiger partial charge in [-0.3, -0.25) is 19.5 Å². The Labute approximate surface area is 239 Å². The first-order chi connectivity index (χ1) is 19.9. The van der Waals surface area contributed by atoms with Crippen molar-refractivity contribution in [2.45, 2.75) is 32.7 Å². The standard InChI is InChI=1S/C33H26N4O3S/c1-20-18-24(21(2)35(20)25-13-15-26(16-14-25)37(39)40)19-29-32(38)36-31(23-9-4-3-5-10-23)28-17-12-22-8-6-7-11-27(22)30(28)34-33(36)41-29/h3-11,13-16,18-19,31H,12,17H2,1-2H3/b29-19+/t31-/m0/s1. The summed E-state index contributed by atoms with van der Waals surface area (Å²) < 4.78 is 4.55. The highest BCUT2D eigenvalue weighted by atomic mass is 32.1. The highest BCUT2D eigenvalue weighted by Crippen LogP contribution is 2.41. The summed E-state index contributed by atoms with van der Waals surface area (Å²) in [5, 5.41) is 11.1. The highest BCUT2D eigenvalue weighted by molar-refractivity contribution is 7.07. The maximum Gasteiger partial charge on any atom is 0.271 e. The monoisotopic (exact) mass is 558 g/mol. The molecule has 202 valence electrons. The zero-order chi connectivity index (χ0) is 28.2. The number of benzene rings is 3. The van der Waals surface area contributed by atoms with Crippen LogP contribution in [0.4, 0.5) is 5.69 Å². The predicted molar refractivity (Wildman–Crippen MR) is 161 cm³/mol. The van der Waals surface area contributed by atoms with Crippen LogP contribution in [0.2, 0.25) is 0 Å². The summed E-state index contributed by atoms with van der Waals surface area (Å²) in [6.45, 7) is 3.99. The second-order valence-corrected chi connectivity index (χ2v) is 11.5. The largest absolute Gasteiger partial charge is 0.318 e. The van der Waals surface area contributed by atoms with Gasteiger partial charge in [0.1, 0.15) is 0 Å². The fourth-order valence-electron chi connectivity index (χ4n) is 6.15. The van der Waals surface area contributed by atoms with E-state index < -0.39 is 4.92 Å². The molecule has 0 fully saturated rings. The molecule has 41 heavy (non-hydrogen) atoms. The molecule has 1 atom stereocenters. The molecule has 3 aromatic carbocycles. The van der Waals surface area contributed by atoms with E-state index in [1.807, 2.05) is 48.8 Å². The van der Waals surface area contributed by atoms with E-state index in [4.69, 9.17) is 4.99 Å². The van der Waals surface area contributed by atoms with Gasteiger partial charge in [-0.05, 0) is 73.2 Å². The lowest BCUT2D eigenvalue weighted by Gasteiger charge is -2.30. The van der Waals surface area contributed by atoms with Crippen molar-refractivity contribution in [1.82, 2.24) is 9.13 Å². The molecular formula is C33H26N4O3S. The maximum atomic E-state index is 14.1. The number of hydrogen-bond acceptors (Lipinski definition) is 5. The third kappa shape index (κ3) is 4.10. The number of aromatic nitrogens is 2. The molecular weight excluding hydrogens is 532 g/mol. The molecule has 1 aliphatic carbocycles. The Hall–Kier alpha value is -4.82. The van der Waals surface area contributed by atoms with Crippen molar-refractivity contribution in [1.29, 1.82) is 0 Å². The third-order valence-corrected chi connectivity index (χ3v) is 9.05. The first-order valence-corrected chi connectivity index (χ1v) is 14.3. The van der Waals surface area contributed by atoms with Gasteiger partial charge in [-0.25, -0.2) is 4.99 Å². The van der Waals surface area contributed by atoms with E-state index >= 15 is 0 Å². The smallest absolute Gasteiger partial charge is 0.271 e. The molecule has 0 amide bonds. The van der Waals surface area contributed by atoms with Gasteiger partial charge in [0.15, 0.2) is 4.80 Å². The van der Waals surface area contributed by atoms with E-state index in [-0.39, 0.29) is 17.3 Å². The molecule has 0 saturated carbocycles. The van der Waals surface area contributed by atoms with E-state index in [1.165, 1.54) is 34.6 Å². The molecule has 2 aliphatic rings. The van der Waals surface area contributed by atoms with E-state index in [2.05, 4.69) is 41.0 Å². The minimum absolute atomic E-state index is 0.0480. The number of rotatable bonds is 4. The SMILES string of the molecule is Cc1cc(/C=c2/sc3n(c2=O)[C@@H](c2ccccc2)C2=C(N=3)c3ccccc3CC2)c(C)n1-c1ccc([N+](=O)[O-])cc1. The summed E-state index contributed by atoms with van der Waals surface area (Å²) in [5.74, 6) is 0. The van der Waals surface area contributed by atoms with Crippen LogP contribution in [0.25, 0.3) is 17.5 Å². The summed E-state index contributed by atoms with van der Waals surface area (Å²) in [6, 6.07) is 27.0. The number of nitro groups is 1. The number of hydrogen-bond donors (Lipinski definition) is 0. The number of aryl methyl sites for hydroxylation is 2. The van der Waals surface area contributed by atoms with Gasteiger partial charge in [-0.1, -0.05) is 65.9 Å². The van der Waals surface area contributed by atoms with Crippen LogP contribution in [0.15, 0.2) is 100 Å². The molecule has 2 aromatic heterocycles. The number of nitro benzene ring substituents is 1. The molecule has 0 saturated heterocycles. The van der Waals surface area contributed by atoms with Gasteiger partial charge >= 0.3 is 0 Å². The lowest BCUT2D eigenvalue weighted by Crippen LogP contribution is -2.38. The van der Waals surface area contributed by atoms with Crippen molar-refractivity contribution in [3.05, 3.63) is 154 Å². The minimum Gasteiger partial charge on any atom is -0.318 e. The lowest BCUT2D eigenvalue weighted by atomic mass is 9.83. The lowest BCUT2D eigenvalue weighted by molar-refractivity contribution is -0.384. The van der Waals surface area contributed by atoms with Crippen LogP contribution in [-0.4, -0.2) is 14.1 Å². The van der Waals surface area contributed by atoms with Gasteiger partial charge in [-0.15, -0.1) is 0 Å². The number of nitrogens with zero attached hydrogens (tertiary/aromatic N) is 4. The number of allylic oxidation sites excluding steroid dienone is 1. The van der Waals surface area contributed by atoms with Gasteiger partial charge in [0.05, 0.1) is 21.2 Å². The Morgan fingerprint density at radius 2 is 1.71 bits per heavy atom. The normalized spacial score (nSPS) is 16.1. The van der Waals surface area contributed by atoms with Crippen LogP contribution in [0.1, 0.15) is 46.1 Å². The summed E-state index contributed by atoms with van der Waals surface area (Å²) in [6.07, 6.45) is 3.73. The minimum atomic E-state index is -0.399. The molecule has 7 nitrogen and oxygen atoms in total. The van der Waals surface area contributed by atoms with Crippen LogP contribution in [0.5, 0.6) is 0 Å². The molecule has 1 aliphatic heterocycles. The highest BCUT2D eigenvalue weighted by Gasteiger charge is 2.32. The summed E-state index contributed by atoms with van der Waals surface area (Å²) in [7, 11) is 0. The summed E-state index contributed by atoms with van der Waals surface area (Å²) in [4.78, 5) is 30.6. The quantitative estimate of drug-likeness (QED) is 0.212. The van der Waals surface area contributed by atoms with E-state index in [0.717, 1.165) is 52.3 Å². The Kier molecular flexibility index (Phi) is 5.94. The first kappa shape index (κ1) is 25.2. The zero-order valence-corrected chi connectivity index (χ0v) is 23.4. The Balaban J connectivity index is 1.40. The van der Waals surface area contributed by atoms with E-state index in [1.54, 1.807) is 12.1 Å². The second kappa shape index (κ2) is 9.67. The number of non-ortho nitro benzene ring substituents is 1. The Morgan fingerprint density at radius 1 is 0.976 bits per heavy atom. The van der Waals surface area contributed by atoms with Crippen LogP contribution >= 0.6 is 11.3 Å². The van der Waals surface area contributed by atoms with Gasteiger partial charge in [0.25, 0.3) is 11.2 Å². The van der Waals surface area contributed by atoms with Crippen molar-refractivity contribution in [3.63, 3.8) is 0 Å². The fourth-order valence-corrected chi connectivity index (χ4v) is 7.15. The van der Waals surface area contributed by atoms with E-state index in [9.17, 15) is 14.9 Å². The predicted octanol–water partition coefficient (Wildman–Crippen LogP) is 5.63. The first-order valence-electron chi connectivity index (χ1n) is 13.5. The molecule has 5 aromatic rings. The fraction of sp³-hybridized carbons (Fsp3) is 0.152. The Bertz CT molecular complexity index is 2070. The van der Waals surface area contributed by atoms with Gasteiger partial charge < -0.3 is 4.57 Å². The molecule has 0 bridgehead atoms. The van der Waals surface area contributed by atoms with Crippen LogP contribution in [0.3, 0.4) is 0 Å². The van der Waals surface area contributed by atoms with Gasteiger partial charge in [-0.2, -0.15) is 0 Å². The summed E-state index contributed by atoms with van der Waals surface area (Å²) in [5.41, 5.74) is 9.40. The van der Waals surface area contributed by atoms with Crippen molar-refractivity contribution >= 4 is 28.8 Å². The van der Waals surface area contributed by atoms with Crippen molar-refractivity contribution in [2.24, 2.45) is 4.99 Å².